The van der Waals surface area contributed by atoms with Crippen LogP contribution in [-0.4, -0.2) is 20.9 Å². The van der Waals surface area contributed by atoms with Gasteiger partial charge in [-0.1, -0.05) is 12.1 Å². The monoisotopic (exact) mass is 198 g/mol. The van der Waals surface area contributed by atoms with Gasteiger partial charge < -0.3 is 9.87 Å². The molecule has 1 aromatic rings. The van der Waals surface area contributed by atoms with Gasteiger partial charge >= 0.3 is 0 Å². The van der Waals surface area contributed by atoms with E-state index in [1.165, 1.54) is 0 Å². The standard InChI is InChI=1S/C8H9NO3S/c10-5-7-3-1-2-4-8(7)9-6-13(11)12/h1-5,9H,6H2,(H,11,12)/p-1. The maximum Gasteiger partial charge on any atom is 0.152 e. The number of carbonyl (C=O) groups is 1. The van der Waals surface area contributed by atoms with Crippen molar-refractivity contribution in [2.45, 2.75) is 0 Å². The highest BCUT2D eigenvalue weighted by Gasteiger charge is 1.97. The van der Waals surface area contributed by atoms with Crippen molar-refractivity contribution < 1.29 is 13.6 Å². The van der Waals surface area contributed by atoms with Gasteiger partial charge in [-0.2, -0.15) is 0 Å². The van der Waals surface area contributed by atoms with Gasteiger partial charge in [-0.25, -0.2) is 0 Å². The molecule has 0 aliphatic rings. The van der Waals surface area contributed by atoms with Crippen LogP contribution in [-0.2, 0) is 11.1 Å². The van der Waals surface area contributed by atoms with Crippen molar-refractivity contribution in [1.82, 2.24) is 0 Å². The fraction of sp³-hybridized carbons (Fsp3) is 0.125. The van der Waals surface area contributed by atoms with Crippen molar-refractivity contribution in [3.8, 4) is 0 Å². The molecule has 0 spiro atoms. The first-order valence-corrected chi connectivity index (χ1v) is 4.82. The van der Waals surface area contributed by atoms with Gasteiger partial charge in [-0.15, -0.1) is 0 Å². The fourth-order valence-electron chi connectivity index (χ4n) is 0.897. The molecule has 0 fully saturated rings. The molecule has 0 aliphatic heterocycles. The van der Waals surface area contributed by atoms with Gasteiger partial charge in [-0.05, 0) is 23.2 Å². The number of nitrogens with one attached hydrogen (secondary N) is 1. The number of rotatable bonds is 4. The lowest BCUT2D eigenvalue weighted by Crippen LogP contribution is -2.08. The molecule has 0 aromatic heterocycles. The molecular formula is C8H8NO3S-. The smallest absolute Gasteiger partial charge is 0.152 e. The molecule has 0 radical (unpaired) electrons. The third kappa shape index (κ3) is 2.96. The lowest BCUT2D eigenvalue weighted by molar-refractivity contribution is 0.112. The average Bonchev–Trinajstić information content (AvgIpc) is 2.15. The topological polar surface area (TPSA) is 69.2 Å². The van der Waals surface area contributed by atoms with Crippen LogP contribution in [0.1, 0.15) is 10.4 Å². The molecule has 0 saturated carbocycles. The lowest BCUT2D eigenvalue weighted by atomic mass is 10.2. The Balaban J connectivity index is 2.75. The fourth-order valence-corrected chi connectivity index (χ4v) is 1.17. The summed E-state index contributed by atoms with van der Waals surface area (Å²) in [5.74, 6) is -0.190. The molecule has 0 saturated heterocycles. The minimum atomic E-state index is -2.15. The zero-order valence-electron chi connectivity index (χ0n) is 6.73. The number of para-hydroxylation sites is 1. The summed E-state index contributed by atoms with van der Waals surface area (Å²) in [6.07, 6.45) is 0.677. The molecule has 1 rings (SSSR count). The molecule has 1 unspecified atom stereocenters. The molecule has 4 nitrogen and oxygen atoms in total. The summed E-state index contributed by atoms with van der Waals surface area (Å²) in [6.45, 7) is 0. The third-order valence-electron chi connectivity index (χ3n) is 1.47. The van der Waals surface area contributed by atoms with E-state index in [2.05, 4.69) is 5.32 Å². The SMILES string of the molecule is O=Cc1ccccc1NCS(=O)[O-]. The summed E-state index contributed by atoms with van der Waals surface area (Å²) in [5.41, 5.74) is 0.981. The van der Waals surface area contributed by atoms with Crippen LogP contribution in [0.4, 0.5) is 5.69 Å². The molecule has 5 heteroatoms. The van der Waals surface area contributed by atoms with E-state index >= 15 is 0 Å². The molecule has 0 aliphatic carbocycles. The summed E-state index contributed by atoms with van der Waals surface area (Å²) >= 11 is -2.15. The minimum Gasteiger partial charge on any atom is -0.771 e. The maximum atomic E-state index is 10.5. The second-order valence-corrected chi connectivity index (χ2v) is 3.23. The van der Waals surface area contributed by atoms with E-state index in [-0.39, 0.29) is 5.88 Å². The Hall–Kier alpha value is -1.20. The van der Waals surface area contributed by atoms with Gasteiger partial charge in [0.15, 0.2) is 6.29 Å². The van der Waals surface area contributed by atoms with E-state index in [1.54, 1.807) is 24.3 Å². The molecule has 0 amide bonds. The van der Waals surface area contributed by atoms with Gasteiger partial charge in [0.2, 0.25) is 0 Å². The number of hydrogen-bond acceptors (Lipinski definition) is 4. The predicted molar refractivity (Wildman–Crippen MR) is 49.2 cm³/mol. The van der Waals surface area contributed by atoms with Gasteiger partial charge in [0.1, 0.15) is 0 Å². The molecule has 0 heterocycles. The Bertz CT molecular complexity index is 327. The molecule has 1 atom stereocenters. The van der Waals surface area contributed by atoms with E-state index in [4.69, 9.17) is 0 Å². The number of benzene rings is 1. The van der Waals surface area contributed by atoms with Crippen LogP contribution in [0, 0.1) is 0 Å². The van der Waals surface area contributed by atoms with Gasteiger partial charge in [0, 0.05) is 11.3 Å². The van der Waals surface area contributed by atoms with Crippen LogP contribution in [0.3, 0.4) is 0 Å². The van der Waals surface area contributed by atoms with Crippen molar-refractivity contribution in [1.29, 1.82) is 0 Å². The first-order valence-electron chi connectivity index (χ1n) is 3.58. The maximum absolute atomic E-state index is 10.5. The first-order chi connectivity index (χ1) is 6.24. The molecular weight excluding hydrogens is 190 g/mol. The number of aldehydes is 1. The Morgan fingerprint density at radius 2 is 2.15 bits per heavy atom. The van der Waals surface area contributed by atoms with Gasteiger partial charge in [0.25, 0.3) is 0 Å². The van der Waals surface area contributed by atoms with Gasteiger partial charge in [-0.3, -0.25) is 9.00 Å². The third-order valence-corrected chi connectivity index (χ3v) is 1.85. The largest absolute Gasteiger partial charge is 0.771 e. The second kappa shape index (κ2) is 4.74. The minimum absolute atomic E-state index is 0.190. The summed E-state index contributed by atoms with van der Waals surface area (Å²) in [6, 6.07) is 6.70. The summed E-state index contributed by atoms with van der Waals surface area (Å²) in [4.78, 5) is 10.5. The Morgan fingerprint density at radius 1 is 1.46 bits per heavy atom. The second-order valence-electron chi connectivity index (χ2n) is 2.33. The van der Waals surface area contributed by atoms with Crippen molar-refractivity contribution in [2.75, 3.05) is 11.2 Å². The lowest BCUT2D eigenvalue weighted by Gasteiger charge is -2.09. The number of carbonyl (C=O) groups excluding carboxylic acids is 1. The van der Waals surface area contributed by atoms with Crippen LogP contribution in [0.5, 0.6) is 0 Å². The number of hydrogen-bond donors (Lipinski definition) is 1. The molecule has 0 bridgehead atoms. The normalized spacial score (nSPS) is 12.1. The van der Waals surface area contributed by atoms with Crippen molar-refractivity contribution in [2.24, 2.45) is 0 Å². The average molecular weight is 198 g/mol. The zero-order valence-corrected chi connectivity index (χ0v) is 7.54. The summed E-state index contributed by atoms with van der Waals surface area (Å²) in [7, 11) is 0. The van der Waals surface area contributed by atoms with E-state index in [1.807, 2.05) is 0 Å². The highest BCUT2D eigenvalue weighted by molar-refractivity contribution is 7.79. The quantitative estimate of drug-likeness (QED) is 0.572. The molecule has 1 N–H and O–H groups in total. The predicted octanol–water partition coefficient (Wildman–Crippen LogP) is 0.748. The van der Waals surface area contributed by atoms with Gasteiger partial charge in [0.05, 0.1) is 5.88 Å². The summed E-state index contributed by atoms with van der Waals surface area (Å²) in [5, 5.41) is 2.62. The van der Waals surface area contributed by atoms with E-state index in [0.29, 0.717) is 17.5 Å². The van der Waals surface area contributed by atoms with E-state index < -0.39 is 11.1 Å². The Morgan fingerprint density at radius 3 is 2.77 bits per heavy atom. The van der Waals surface area contributed by atoms with Crippen LogP contribution >= 0.6 is 0 Å². The first kappa shape index (κ1) is 9.88. The van der Waals surface area contributed by atoms with Crippen LogP contribution in [0.2, 0.25) is 0 Å². The van der Waals surface area contributed by atoms with Crippen molar-refractivity contribution in [3.63, 3.8) is 0 Å². The van der Waals surface area contributed by atoms with E-state index in [9.17, 15) is 13.6 Å². The molecule has 13 heavy (non-hydrogen) atoms. The Kier molecular flexibility index (Phi) is 3.60. The zero-order chi connectivity index (χ0) is 9.68. The molecule has 70 valence electrons. The van der Waals surface area contributed by atoms with Crippen molar-refractivity contribution in [3.05, 3.63) is 29.8 Å². The number of anilines is 1. The Labute approximate surface area is 78.3 Å². The van der Waals surface area contributed by atoms with Crippen LogP contribution in [0.25, 0.3) is 0 Å². The summed E-state index contributed by atoms with van der Waals surface area (Å²) < 4.78 is 20.4. The van der Waals surface area contributed by atoms with Crippen LogP contribution < -0.4 is 5.32 Å². The van der Waals surface area contributed by atoms with E-state index in [0.717, 1.165) is 0 Å². The van der Waals surface area contributed by atoms with Crippen LogP contribution in [0.15, 0.2) is 24.3 Å². The van der Waals surface area contributed by atoms with Crippen molar-refractivity contribution >= 4 is 23.1 Å². The molecule has 1 aromatic carbocycles. The highest BCUT2D eigenvalue weighted by Crippen LogP contribution is 2.11. The highest BCUT2D eigenvalue weighted by atomic mass is 32.2.